The minimum Gasteiger partial charge on any atom is -0.306 e. The summed E-state index contributed by atoms with van der Waals surface area (Å²) in [7, 11) is 0. The van der Waals surface area contributed by atoms with Crippen LogP contribution in [0.4, 0.5) is 5.69 Å². The molecule has 5 heteroatoms. The number of rotatable bonds is 1. The first-order chi connectivity index (χ1) is 10.3. The molecule has 0 bridgehead atoms. The van der Waals surface area contributed by atoms with Crippen LogP contribution >= 0.6 is 0 Å². The number of nitrogens with one attached hydrogen (secondary N) is 1. The van der Waals surface area contributed by atoms with Crippen LogP contribution in [0.1, 0.15) is 22.5 Å². The zero-order valence-corrected chi connectivity index (χ0v) is 11.4. The van der Waals surface area contributed by atoms with Crippen LogP contribution in [-0.2, 0) is 6.42 Å². The SMILES string of the molecule is O=C(c1cccc2cn[nH]c12)N1CCCc2ncccc21. The first kappa shape index (κ1) is 12.1. The molecule has 104 valence electrons. The average Bonchev–Trinajstić information content (AvgIpc) is 3.02. The number of hydrogen-bond donors (Lipinski definition) is 1. The largest absolute Gasteiger partial charge is 0.306 e. The predicted octanol–water partition coefficient (Wildman–Crippen LogP) is 2.55. The highest BCUT2D eigenvalue weighted by atomic mass is 16.2. The van der Waals surface area contributed by atoms with E-state index < -0.39 is 0 Å². The highest BCUT2D eigenvalue weighted by molar-refractivity contribution is 6.13. The molecule has 0 atom stereocenters. The molecule has 3 aromatic rings. The maximum absolute atomic E-state index is 12.9. The smallest absolute Gasteiger partial charge is 0.260 e. The number of pyridine rings is 1. The van der Waals surface area contributed by atoms with E-state index in [4.69, 9.17) is 0 Å². The van der Waals surface area contributed by atoms with Gasteiger partial charge in [-0.3, -0.25) is 14.9 Å². The fourth-order valence-electron chi connectivity index (χ4n) is 2.90. The van der Waals surface area contributed by atoms with Crippen molar-refractivity contribution in [1.29, 1.82) is 0 Å². The van der Waals surface area contributed by atoms with Gasteiger partial charge in [-0.25, -0.2) is 0 Å². The Morgan fingerprint density at radius 1 is 1.24 bits per heavy atom. The first-order valence-electron chi connectivity index (χ1n) is 7.02. The summed E-state index contributed by atoms with van der Waals surface area (Å²) in [5.74, 6) is -0.00111. The minimum absolute atomic E-state index is 0.00111. The Bertz CT molecular complexity index is 824. The van der Waals surface area contributed by atoms with E-state index in [1.165, 1.54) is 0 Å². The Balaban J connectivity index is 1.81. The normalized spacial score (nSPS) is 14.2. The number of amides is 1. The topological polar surface area (TPSA) is 61.9 Å². The second kappa shape index (κ2) is 4.70. The molecule has 3 heterocycles. The van der Waals surface area contributed by atoms with Crippen LogP contribution in [0.25, 0.3) is 10.9 Å². The van der Waals surface area contributed by atoms with Crippen LogP contribution in [0.5, 0.6) is 0 Å². The Morgan fingerprint density at radius 2 is 2.19 bits per heavy atom. The van der Waals surface area contributed by atoms with E-state index in [2.05, 4.69) is 15.2 Å². The van der Waals surface area contributed by atoms with E-state index in [-0.39, 0.29) is 5.91 Å². The third-order valence-corrected chi connectivity index (χ3v) is 3.90. The van der Waals surface area contributed by atoms with E-state index in [0.717, 1.165) is 41.7 Å². The van der Waals surface area contributed by atoms with Gasteiger partial charge < -0.3 is 4.90 Å². The van der Waals surface area contributed by atoms with E-state index in [9.17, 15) is 4.79 Å². The molecule has 5 nitrogen and oxygen atoms in total. The van der Waals surface area contributed by atoms with Gasteiger partial charge in [0.25, 0.3) is 5.91 Å². The molecule has 0 saturated carbocycles. The number of carbonyl (C=O) groups excluding carboxylic acids is 1. The molecule has 0 fully saturated rings. The highest BCUT2D eigenvalue weighted by Crippen LogP contribution is 2.27. The van der Waals surface area contributed by atoms with Crippen LogP contribution < -0.4 is 4.90 Å². The van der Waals surface area contributed by atoms with Crippen LogP contribution in [0, 0.1) is 0 Å². The Hall–Kier alpha value is -2.69. The number of hydrogen-bond acceptors (Lipinski definition) is 3. The molecule has 0 aliphatic carbocycles. The molecule has 1 N–H and O–H groups in total. The fraction of sp³-hybridized carbons (Fsp3) is 0.188. The van der Waals surface area contributed by atoms with Gasteiger partial charge in [0.05, 0.1) is 28.7 Å². The summed E-state index contributed by atoms with van der Waals surface area (Å²) in [5.41, 5.74) is 3.36. The average molecular weight is 278 g/mol. The highest BCUT2D eigenvalue weighted by Gasteiger charge is 2.25. The predicted molar refractivity (Wildman–Crippen MR) is 80.3 cm³/mol. The lowest BCUT2D eigenvalue weighted by Gasteiger charge is -2.28. The Kier molecular flexibility index (Phi) is 2.70. The van der Waals surface area contributed by atoms with Gasteiger partial charge in [-0.2, -0.15) is 5.10 Å². The first-order valence-corrected chi connectivity index (χ1v) is 7.02. The summed E-state index contributed by atoms with van der Waals surface area (Å²) in [4.78, 5) is 19.1. The molecule has 2 aromatic heterocycles. The lowest BCUT2D eigenvalue weighted by atomic mass is 10.0. The number of para-hydroxylation sites is 1. The lowest BCUT2D eigenvalue weighted by Crippen LogP contribution is -2.35. The number of H-pyrrole nitrogens is 1. The Labute approximate surface area is 121 Å². The standard InChI is InChI=1S/C16H14N4O/c21-16(12-5-1-4-11-10-18-19-15(11)12)20-9-3-6-13-14(20)7-2-8-17-13/h1-2,4-5,7-8,10H,3,6,9H2,(H,18,19). The molecule has 0 spiro atoms. The summed E-state index contributed by atoms with van der Waals surface area (Å²) in [6.07, 6.45) is 5.38. The minimum atomic E-state index is -0.00111. The van der Waals surface area contributed by atoms with Gasteiger partial charge >= 0.3 is 0 Å². The van der Waals surface area contributed by atoms with E-state index in [1.807, 2.05) is 35.2 Å². The molecular formula is C16H14N4O. The summed E-state index contributed by atoms with van der Waals surface area (Å²) < 4.78 is 0. The van der Waals surface area contributed by atoms with E-state index in [0.29, 0.717) is 5.56 Å². The van der Waals surface area contributed by atoms with Crippen molar-refractivity contribution in [3.63, 3.8) is 0 Å². The maximum atomic E-state index is 12.9. The maximum Gasteiger partial charge on any atom is 0.260 e. The van der Waals surface area contributed by atoms with E-state index >= 15 is 0 Å². The van der Waals surface area contributed by atoms with Crippen LogP contribution in [-0.4, -0.2) is 27.6 Å². The third kappa shape index (κ3) is 1.89. The van der Waals surface area contributed by atoms with Crippen LogP contribution in [0.3, 0.4) is 0 Å². The fourth-order valence-corrected chi connectivity index (χ4v) is 2.90. The number of aryl methyl sites for hydroxylation is 1. The van der Waals surface area contributed by atoms with Gasteiger partial charge in [-0.1, -0.05) is 12.1 Å². The number of anilines is 1. The Morgan fingerprint density at radius 3 is 3.14 bits per heavy atom. The quantitative estimate of drug-likeness (QED) is 0.744. The third-order valence-electron chi connectivity index (χ3n) is 3.90. The van der Waals surface area contributed by atoms with E-state index in [1.54, 1.807) is 12.4 Å². The lowest BCUT2D eigenvalue weighted by molar-refractivity contribution is 0.0986. The summed E-state index contributed by atoms with van der Waals surface area (Å²) >= 11 is 0. The van der Waals surface area contributed by atoms with Gasteiger partial charge in [-0.15, -0.1) is 0 Å². The van der Waals surface area contributed by atoms with Crippen molar-refractivity contribution in [2.75, 3.05) is 11.4 Å². The number of aromatic amines is 1. The molecule has 1 amide bonds. The number of aromatic nitrogens is 3. The zero-order chi connectivity index (χ0) is 14.2. The molecule has 1 aliphatic rings. The van der Waals surface area contributed by atoms with Crippen molar-refractivity contribution in [3.8, 4) is 0 Å². The molecule has 0 saturated heterocycles. The number of fused-ring (bicyclic) bond motifs is 2. The van der Waals surface area contributed by atoms with Gasteiger partial charge in [0.1, 0.15) is 0 Å². The molecular weight excluding hydrogens is 264 g/mol. The van der Waals surface area contributed by atoms with Crippen LogP contribution in [0.2, 0.25) is 0 Å². The molecule has 0 radical (unpaired) electrons. The van der Waals surface area contributed by atoms with Gasteiger partial charge in [0.15, 0.2) is 0 Å². The molecule has 1 aliphatic heterocycles. The molecule has 1 aromatic carbocycles. The van der Waals surface area contributed by atoms with Gasteiger partial charge in [-0.05, 0) is 31.0 Å². The summed E-state index contributed by atoms with van der Waals surface area (Å²) in [6.45, 7) is 0.724. The molecule has 0 unspecified atom stereocenters. The molecule has 21 heavy (non-hydrogen) atoms. The van der Waals surface area contributed by atoms with Gasteiger partial charge in [0.2, 0.25) is 0 Å². The van der Waals surface area contributed by atoms with Gasteiger partial charge in [0, 0.05) is 18.1 Å². The zero-order valence-electron chi connectivity index (χ0n) is 11.4. The molecule has 4 rings (SSSR count). The number of benzene rings is 1. The number of carbonyl (C=O) groups is 1. The van der Waals surface area contributed by atoms with Crippen molar-refractivity contribution in [1.82, 2.24) is 15.2 Å². The van der Waals surface area contributed by atoms with Crippen molar-refractivity contribution in [2.24, 2.45) is 0 Å². The second-order valence-corrected chi connectivity index (χ2v) is 5.17. The monoisotopic (exact) mass is 278 g/mol. The summed E-state index contributed by atoms with van der Waals surface area (Å²) in [5, 5.41) is 7.89. The number of nitrogens with zero attached hydrogens (tertiary/aromatic N) is 3. The van der Waals surface area contributed by atoms with Crippen LogP contribution in [0.15, 0.2) is 42.7 Å². The van der Waals surface area contributed by atoms with Crippen molar-refractivity contribution in [3.05, 3.63) is 54.0 Å². The van der Waals surface area contributed by atoms with Crippen molar-refractivity contribution in [2.45, 2.75) is 12.8 Å². The van der Waals surface area contributed by atoms with Crippen molar-refractivity contribution >= 4 is 22.5 Å². The van der Waals surface area contributed by atoms with Crippen molar-refractivity contribution < 1.29 is 4.79 Å². The summed E-state index contributed by atoms with van der Waals surface area (Å²) in [6, 6.07) is 9.52. The second-order valence-electron chi connectivity index (χ2n) is 5.17.